The van der Waals surface area contributed by atoms with Crippen LogP contribution in [-0.4, -0.2) is 46.0 Å². The largest absolute Gasteiger partial charge is 0.482 e. The highest BCUT2D eigenvalue weighted by molar-refractivity contribution is 7.99. The molecule has 0 bridgehead atoms. The van der Waals surface area contributed by atoms with Crippen molar-refractivity contribution in [3.63, 3.8) is 0 Å². The molecule has 2 aromatic rings. The molecular weight excluding hydrogens is 380 g/mol. The van der Waals surface area contributed by atoms with Gasteiger partial charge in [0.25, 0.3) is 5.91 Å². The molecule has 0 atom stereocenters. The van der Waals surface area contributed by atoms with Gasteiger partial charge in [0.15, 0.2) is 11.8 Å². The molecule has 1 heterocycles. The van der Waals surface area contributed by atoms with Crippen LogP contribution in [0.1, 0.15) is 26.3 Å². The molecule has 0 aliphatic carbocycles. The van der Waals surface area contributed by atoms with Crippen LogP contribution >= 0.6 is 11.8 Å². The van der Waals surface area contributed by atoms with E-state index in [9.17, 15) is 9.59 Å². The van der Waals surface area contributed by atoms with Gasteiger partial charge in [-0.05, 0) is 56.7 Å². The van der Waals surface area contributed by atoms with Gasteiger partial charge in [0, 0.05) is 12.4 Å². The number of nitrogens with zero attached hydrogens (tertiary/aromatic N) is 3. The smallest absolute Gasteiger partial charge is 0.344 e. The van der Waals surface area contributed by atoms with E-state index < -0.39 is 11.6 Å². The van der Waals surface area contributed by atoms with Crippen LogP contribution in [0, 0.1) is 0 Å². The van der Waals surface area contributed by atoms with Gasteiger partial charge in [-0.15, -0.1) is 0 Å². The van der Waals surface area contributed by atoms with Crippen molar-refractivity contribution in [2.45, 2.75) is 31.5 Å². The van der Waals surface area contributed by atoms with E-state index in [1.165, 1.54) is 18.0 Å². The number of rotatable bonds is 8. The second-order valence-corrected chi connectivity index (χ2v) is 7.50. The van der Waals surface area contributed by atoms with E-state index in [0.717, 1.165) is 5.56 Å². The van der Waals surface area contributed by atoms with E-state index in [4.69, 9.17) is 9.47 Å². The molecule has 0 saturated carbocycles. The minimum atomic E-state index is -0.544. The first-order valence-electron chi connectivity index (χ1n) is 8.48. The molecule has 1 N–H and O–H groups in total. The average Bonchev–Trinajstić information content (AvgIpc) is 2.65. The molecule has 8 nitrogen and oxygen atoms in total. The number of esters is 1. The predicted molar refractivity (Wildman–Crippen MR) is 106 cm³/mol. The average molecular weight is 402 g/mol. The van der Waals surface area contributed by atoms with Gasteiger partial charge in [-0.3, -0.25) is 4.79 Å². The minimum Gasteiger partial charge on any atom is -0.482 e. The van der Waals surface area contributed by atoms with E-state index in [1.807, 2.05) is 0 Å². The highest BCUT2D eigenvalue weighted by atomic mass is 32.2. The minimum absolute atomic E-state index is 0.163. The van der Waals surface area contributed by atoms with Crippen LogP contribution < -0.4 is 10.2 Å². The SMILES string of the molecule is CC(C)(C)OC(=O)COc1ccc(C=NNC(=O)CSc2ncccn2)cc1. The van der Waals surface area contributed by atoms with Crippen molar-refractivity contribution in [3.05, 3.63) is 48.3 Å². The van der Waals surface area contributed by atoms with E-state index in [2.05, 4.69) is 20.5 Å². The second-order valence-electron chi connectivity index (χ2n) is 6.56. The zero-order valence-corrected chi connectivity index (χ0v) is 16.7. The fourth-order valence-corrected chi connectivity index (χ4v) is 2.46. The zero-order chi connectivity index (χ0) is 20.4. The Balaban J connectivity index is 1.72. The first-order valence-corrected chi connectivity index (χ1v) is 9.47. The lowest BCUT2D eigenvalue weighted by molar-refractivity contribution is -0.157. The van der Waals surface area contributed by atoms with Gasteiger partial charge >= 0.3 is 5.97 Å². The number of benzene rings is 1. The summed E-state index contributed by atoms with van der Waals surface area (Å²) < 4.78 is 10.6. The molecule has 0 saturated heterocycles. The maximum atomic E-state index is 11.7. The summed E-state index contributed by atoms with van der Waals surface area (Å²) in [4.78, 5) is 31.4. The lowest BCUT2D eigenvalue weighted by Crippen LogP contribution is -2.27. The van der Waals surface area contributed by atoms with Crippen LogP contribution in [0.3, 0.4) is 0 Å². The lowest BCUT2D eigenvalue weighted by Gasteiger charge is -2.19. The summed E-state index contributed by atoms with van der Waals surface area (Å²) in [5.74, 6) is 0.00987. The van der Waals surface area contributed by atoms with Crippen molar-refractivity contribution in [2.75, 3.05) is 12.4 Å². The predicted octanol–water partition coefficient (Wildman–Crippen LogP) is 2.44. The van der Waals surface area contributed by atoms with E-state index in [-0.39, 0.29) is 18.3 Å². The molecule has 1 amide bonds. The maximum Gasteiger partial charge on any atom is 0.344 e. The van der Waals surface area contributed by atoms with Crippen LogP contribution in [0.2, 0.25) is 0 Å². The maximum absolute atomic E-state index is 11.7. The zero-order valence-electron chi connectivity index (χ0n) is 15.9. The third kappa shape index (κ3) is 8.63. The first-order chi connectivity index (χ1) is 13.3. The Morgan fingerprint density at radius 2 is 1.86 bits per heavy atom. The van der Waals surface area contributed by atoms with Crippen LogP contribution in [0.15, 0.2) is 53.0 Å². The van der Waals surface area contributed by atoms with Crippen molar-refractivity contribution >= 4 is 29.9 Å². The fourth-order valence-electron chi connectivity index (χ4n) is 1.86. The van der Waals surface area contributed by atoms with Crippen LogP contribution in [-0.2, 0) is 14.3 Å². The van der Waals surface area contributed by atoms with E-state index in [1.54, 1.807) is 63.5 Å². The number of carbonyl (C=O) groups excluding carboxylic acids is 2. The molecule has 0 radical (unpaired) electrons. The Hall–Kier alpha value is -2.94. The van der Waals surface area contributed by atoms with Crippen molar-refractivity contribution in [1.82, 2.24) is 15.4 Å². The van der Waals surface area contributed by atoms with Gasteiger partial charge in [0.05, 0.1) is 12.0 Å². The lowest BCUT2D eigenvalue weighted by atomic mass is 10.2. The van der Waals surface area contributed by atoms with Gasteiger partial charge in [-0.1, -0.05) is 11.8 Å². The molecule has 0 aliphatic heterocycles. The third-order valence-electron chi connectivity index (χ3n) is 2.93. The van der Waals surface area contributed by atoms with Crippen LogP contribution in [0.4, 0.5) is 0 Å². The van der Waals surface area contributed by atoms with Gasteiger partial charge < -0.3 is 9.47 Å². The number of amides is 1. The topological polar surface area (TPSA) is 103 Å². The molecular formula is C19H22N4O4S. The Bertz CT molecular complexity index is 805. The summed E-state index contributed by atoms with van der Waals surface area (Å²) in [6.07, 6.45) is 4.75. The number of hydrazone groups is 1. The van der Waals surface area contributed by atoms with Gasteiger partial charge in [0.1, 0.15) is 11.4 Å². The van der Waals surface area contributed by atoms with Gasteiger partial charge in [-0.25, -0.2) is 20.2 Å². The molecule has 2 rings (SSSR count). The molecule has 0 unspecified atom stereocenters. The van der Waals surface area contributed by atoms with E-state index >= 15 is 0 Å². The normalized spacial score (nSPS) is 11.2. The number of aromatic nitrogens is 2. The molecule has 148 valence electrons. The highest BCUT2D eigenvalue weighted by Crippen LogP contribution is 2.13. The fraction of sp³-hybridized carbons (Fsp3) is 0.316. The number of hydrogen-bond donors (Lipinski definition) is 1. The Labute approximate surface area is 167 Å². The molecule has 0 spiro atoms. The van der Waals surface area contributed by atoms with Crippen molar-refractivity contribution < 1.29 is 19.1 Å². The first kappa shape index (κ1) is 21.4. The number of nitrogens with one attached hydrogen (secondary N) is 1. The van der Waals surface area contributed by atoms with Gasteiger partial charge in [-0.2, -0.15) is 5.10 Å². The number of ether oxygens (including phenoxy) is 2. The summed E-state index contributed by atoms with van der Waals surface area (Å²) in [5, 5.41) is 4.44. The summed E-state index contributed by atoms with van der Waals surface area (Å²) in [6.45, 7) is 5.23. The Morgan fingerprint density at radius 1 is 1.18 bits per heavy atom. The third-order valence-corrected chi connectivity index (χ3v) is 3.81. The molecule has 9 heteroatoms. The van der Waals surface area contributed by atoms with E-state index in [0.29, 0.717) is 10.9 Å². The summed E-state index contributed by atoms with van der Waals surface area (Å²) >= 11 is 1.23. The van der Waals surface area contributed by atoms with Crippen molar-refractivity contribution in [2.24, 2.45) is 5.10 Å². The van der Waals surface area contributed by atoms with Crippen molar-refractivity contribution in [3.8, 4) is 5.75 Å². The molecule has 1 aromatic carbocycles. The summed E-state index contributed by atoms with van der Waals surface area (Å²) in [5.41, 5.74) is 2.66. The number of hydrogen-bond acceptors (Lipinski definition) is 8. The highest BCUT2D eigenvalue weighted by Gasteiger charge is 2.16. The molecule has 28 heavy (non-hydrogen) atoms. The molecule has 1 aromatic heterocycles. The Morgan fingerprint density at radius 3 is 2.50 bits per heavy atom. The standard InChI is InChI=1S/C19H22N4O4S/c1-19(2,3)27-17(25)12-26-15-7-5-14(6-8-15)11-22-23-16(24)13-28-18-20-9-4-10-21-18/h4-11H,12-13H2,1-3H3,(H,23,24). The summed E-state index contributed by atoms with van der Waals surface area (Å²) in [6, 6.07) is 8.63. The quantitative estimate of drug-likeness (QED) is 0.238. The number of carbonyl (C=O) groups is 2. The molecule has 0 fully saturated rings. The van der Waals surface area contributed by atoms with Crippen LogP contribution in [0.5, 0.6) is 5.75 Å². The summed E-state index contributed by atoms with van der Waals surface area (Å²) in [7, 11) is 0. The second kappa shape index (κ2) is 10.4. The number of thioether (sulfide) groups is 1. The Kier molecular flexibility index (Phi) is 7.94. The molecule has 0 aliphatic rings. The monoisotopic (exact) mass is 402 g/mol. The van der Waals surface area contributed by atoms with Crippen LogP contribution in [0.25, 0.3) is 0 Å². The van der Waals surface area contributed by atoms with Crippen molar-refractivity contribution in [1.29, 1.82) is 0 Å². The van der Waals surface area contributed by atoms with Gasteiger partial charge in [0.2, 0.25) is 0 Å².